The Hall–Kier alpha value is -0.120. The maximum absolute atomic E-state index is 6.64. The molecule has 2 saturated heterocycles. The fraction of sp³-hybridized carbons (Fsp3) is 1.00. The number of ether oxygens (including phenoxy) is 1. The van der Waals surface area contributed by atoms with Crippen LogP contribution >= 0.6 is 0 Å². The van der Waals surface area contributed by atoms with E-state index in [-0.39, 0.29) is 0 Å². The largest absolute Gasteiger partial charge is 0.380 e. The van der Waals surface area contributed by atoms with Crippen molar-refractivity contribution in [2.24, 2.45) is 16.6 Å². The van der Waals surface area contributed by atoms with Gasteiger partial charge in [0.25, 0.3) is 0 Å². The molecule has 2 spiro atoms. The molecule has 3 aliphatic rings. The van der Waals surface area contributed by atoms with Crippen molar-refractivity contribution in [1.29, 1.82) is 0 Å². The van der Waals surface area contributed by atoms with E-state index in [0.29, 0.717) is 22.4 Å². The van der Waals surface area contributed by atoms with Gasteiger partial charge in [-0.3, -0.25) is 4.90 Å². The van der Waals surface area contributed by atoms with Gasteiger partial charge in [0.05, 0.1) is 13.2 Å². The molecule has 1 aliphatic carbocycles. The highest BCUT2D eigenvalue weighted by Crippen LogP contribution is 2.56. The lowest BCUT2D eigenvalue weighted by Gasteiger charge is -2.50. The molecule has 2 N–H and O–H groups in total. The third-order valence-electron chi connectivity index (χ3n) is 5.93. The maximum atomic E-state index is 6.64. The van der Waals surface area contributed by atoms with Crippen LogP contribution in [0.3, 0.4) is 0 Å². The Morgan fingerprint density at radius 2 is 1.56 bits per heavy atom. The lowest BCUT2D eigenvalue weighted by atomic mass is 9.68. The summed E-state index contributed by atoms with van der Waals surface area (Å²) in [6.07, 6.45) is 5.19. The van der Waals surface area contributed by atoms with Crippen LogP contribution in [0.25, 0.3) is 0 Å². The Bertz CT molecular complexity index is 322. The summed E-state index contributed by atoms with van der Waals surface area (Å²) in [6.45, 7) is 11.2. The van der Waals surface area contributed by atoms with Crippen LogP contribution in [0.15, 0.2) is 0 Å². The summed E-state index contributed by atoms with van der Waals surface area (Å²) in [6, 6.07) is 0.376. The molecule has 0 unspecified atom stereocenters. The summed E-state index contributed by atoms with van der Waals surface area (Å²) >= 11 is 0. The summed E-state index contributed by atoms with van der Waals surface area (Å²) in [5, 5.41) is 0. The van der Waals surface area contributed by atoms with Gasteiger partial charge < -0.3 is 10.5 Å². The fourth-order valence-electron chi connectivity index (χ4n) is 4.33. The molecule has 3 rings (SSSR count). The maximum Gasteiger partial charge on any atom is 0.0559 e. The number of hydrogen-bond acceptors (Lipinski definition) is 3. The topological polar surface area (TPSA) is 38.5 Å². The van der Waals surface area contributed by atoms with Crippen molar-refractivity contribution in [3.8, 4) is 0 Å². The van der Waals surface area contributed by atoms with Crippen molar-refractivity contribution in [3.05, 3.63) is 0 Å². The van der Waals surface area contributed by atoms with E-state index >= 15 is 0 Å². The first-order valence-corrected chi connectivity index (χ1v) is 7.47. The third-order valence-corrected chi connectivity index (χ3v) is 5.93. The minimum absolute atomic E-state index is 0.307. The van der Waals surface area contributed by atoms with Gasteiger partial charge in [-0.15, -0.1) is 0 Å². The second kappa shape index (κ2) is 3.94. The number of nitrogens with two attached hydrogens (primary N) is 1. The van der Waals surface area contributed by atoms with Crippen LogP contribution in [0, 0.1) is 10.8 Å². The Morgan fingerprint density at radius 3 is 1.94 bits per heavy atom. The van der Waals surface area contributed by atoms with Crippen LogP contribution < -0.4 is 5.73 Å². The van der Waals surface area contributed by atoms with Crippen molar-refractivity contribution in [2.45, 2.75) is 58.0 Å². The van der Waals surface area contributed by atoms with E-state index in [1.165, 1.54) is 38.8 Å². The minimum atomic E-state index is 0.307. The second-order valence-electron chi connectivity index (χ2n) is 7.85. The molecule has 0 radical (unpaired) electrons. The van der Waals surface area contributed by atoms with Gasteiger partial charge >= 0.3 is 0 Å². The molecule has 0 bridgehead atoms. The highest BCUT2D eigenvalue weighted by Gasteiger charge is 2.59. The molecule has 104 valence electrons. The average molecular weight is 252 g/mol. The van der Waals surface area contributed by atoms with Crippen LogP contribution in [0.2, 0.25) is 0 Å². The number of piperidine rings is 1. The normalized spacial score (nSPS) is 35.0. The van der Waals surface area contributed by atoms with Crippen molar-refractivity contribution in [3.63, 3.8) is 0 Å². The summed E-state index contributed by atoms with van der Waals surface area (Å²) < 4.78 is 5.45. The number of nitrogens with zero attached hydrogens (tertiary/aromatic N) is 1. The molecule has 18 heavy (non-hydrogen) atoms. The van der Waals surface area contributed by atoms with Gasteiger partial charge in [0.2, 0.25) is 0 Å². The first-order chi connectivity index (χ1) is 8.38. The third kappa shape index (κ3) is 1.75. The van der Waals surface area contributed by atoms with Crippen LogP contribution in [-0.2, 0) is 4.74 Å². The van der Waals surface area contributed by atoms with Gasteiger partial charge in [-0.05, 0) is 65.0 Å². The van der Waals surface area contributed by atoms with Crippen molar-refractivity contribution < 1.29 is 4.74 Å². The summed E-state index contributed by atoms with van der Waals surface area (Å²) in [4.78, 5) is 2.62. The molecular weight excluding hydrogens is 224 g/mol. The van der Waals surface area contributed by atoms with E-state index in [4.69, 9.17) is 10.5 Å². The van der Waals surface area contributed by atoms with Crippen molar-refractivity contribution in [2.75, 3.05) is 26.3 Å². The molecule has 0 aromatic rings. The van der Waals surface area contributed by atoms with E-state index in [2.05, 4.69) is 25.7 Å². The zero-order chi connectivity index (χ0) is 13.0. The number of hydrogen-bond donors (Lipinski definition) is 1. The smallest absolute Gasteiger partial charge is 0.0559 e. The summed E-state index contributed by atoms with van der Waals surface area (Å²) in [5.41, 5.74) is 7.72. The molecule has 1 saturated carbocycles. The SMILES string of the molecule is CC(C)(C)N1CCC2(CC1)CCC1(COC1)[C@H]2N. The van der Waals surface area contributed by atoms with Crippen LogP contribution in [0.1, 0.15) is 46.5 Å². The first-order valence-electron chi connectivity index (χ1n) is 7.47. The van der Waals surface area contributed by atoms with Gasteiger partial charge in [-0.2, -0.15) is 0 Å². The van der Waals surface area contributed by atoms with Gasteiger partial charge in [-0.25, -0.2) is 0 Å². The monoisotopic (exact) mass is 252 g/mol. The van der Waals surface area contributed by atoms with Crippen molar-refractivity contribution in [1.82, 2.24) is 4.90 Å². The molecule has 0 aromatic heterocycles. The quantitative estimate of drug-likeness (QED) is 0.716. The molecule has 1 atom stereocenters. The number of rotatable bonds is 0. The second-order valence-corrected chi connectivity index (χ2v) is 7.85. The van der Waals surface area contributed by atoms with Gasteiger partial charge in [0, 0.05) is 17.0 Å². The predicted octanol–water partition coefficient (Wildman–Crippen LogP) is 2.00. The average Bonchev–Trinajstić information content (AvgIpc) is 2.53. The molecule has 0 amide bonds. The lowest BCUT2D eigenvalue weighted by molar-refractivity contribution is -0.127. The van der Waals surface area contributed by atoms with E-state index in [1.54, 1.807) is 0 Å². The van der Waals surface area contributed by atoms with Gasteiger partial charge in [-0.1, -0.05) is 0 Å². The summed E-state index contributed by atoms with van der Waals surface area (Å²) in [5.74, 6) is 0. The standard InChI is InChI=1S/C15H28N2O/c1-13(2,3)17-8-6-14(7-9-17)4-5-15(12(14)16)10-18-11-15/h12H,4-11,16H2,1-3H3/t12-/m0/s1. The van der Waals surface area contributed by atoms with Crippen LogP contribution in [-0.4, -0.2) is 42.8 Å². The molecule has 3 heteroatoms. The van der Waals surface area contributed by atoms with Crippen LogP contribution in [0.4, 0.5) is 0 Å². The molecule has 0 aromatic carbocycles. The van der Waals surface area contributed by atoms with E-state index in [1.807, 2.05) is 0 Å². The minimum Gasteiger partial charge on any atom is -0.380 e. The number of likely N-dealkylation sites (tertiary alicyclic amines) is 1. The zero-order valence-electron chi connectivity index (χ0n) is 12.2. The van der Waals surface area contributed by atoms with E-state index < -0.39 is 0 Å². The molecule has 3 nitrogen and oxygen atoms in total. The fourth-order valence-corrected chi connectivity index (χ4v) is 4.33. The Labute approximate surface area is 111 Å². The zero-order valence-corrected chi connectivity index (χ0v) is 12.2. The highest BCUT2D eigenvalue weighted by molar-refractivity contribution is 5.11. The van der Waals surface area contributed by atoms with E-state index in [0.717, 1.165) is 13.2 Å². The Morgan fingerprint density at radius 1 is 1.00 bits per heavy atom. The molecule has 3 fully saturated rings. The highest BCUT2D eigenvalue weighted by atomic mass is 16.5. The molecular formula is C15H28N2O. The summed E-state index contributed by atoms with van der Waals surface area (Å²) in [7, 11) is 0. The molecule has 2 heterocycles. The lowest BCUT2D eigenvalue weighted by Crippen LogP contribution is -2.59. The molecule has 2 aliphatic heterocycles. The Kier molecular flexibility index (Phi) is 2.82. The van der Waals surface area contributed by atoms with Gasteiger partial charge in [0.1, 0.15) is 0 Å². The predicted molar refractivity (Wildman–Crippen MR) is 73.5 cm³/mol. The first kappa shape index (κ1) is 12.9. The Balaban J connectivity index is 1.69. The van der Waals surface area contributed by atoms with E-state index in [9.17, 15) is 0 Å². The van der Waals surface area contributed by atoms with Crippen LogP contribution in [0.5, 0.6) is 0 Å². The van der Waals surface area contributed by atoms with Crippen molar-refractivity contribution >= 4 is 0 Å². The van der Waals surface area contributed by atoms with Gasteiger partial charge in [0.15, 0.2) is 0 Å².